The van der Waals surface area contributed by atoms with Crippen molar-refractivity contribution in [3.63, 3.8) is 0 Å². The SMILES string of the molecule is CC(=O)OCCN(C[C@]12CCC(=O)C=C1CC[C@H]1[C@H]2CC[C@]2(C)C(=O)CC[C@H]12)C(C)=O. The summed E-state index contributed by atoms with van der Waals surface area (Å²) in [4.78, 5) is 50.5. The van der Waals surface area contributed by atoms with Crippen molar-refractivity contribution in [1.29, 1.82) is 0 Å². The molecule has 6 nitrogen and oxygen atoms in total. The Morgan fingerprint density at radius 1 is 1.06 bits per heavy atom. The Kier molecular flexibility index (Phi) is 5.86. The molecular formula is C25H35NO5. The number of nitrogens with zero attached hydrogens (tertiary/aromatic N) is 1. The molecule has 0 unspecified atom stereocenters. The number of rotatable bonds is 5. The fourth-order valence-corrected chi connectivity index (χ4v) is 7.42. The molecule has 0 N–H and O–H groups in total. The van der Waals surface area contributed by atoms with Crippen LogP contribution in [-0.4, -0.2) is 48.0 Å². The molecule has 0 bridgehead atoms. The lowest BCUT2D eigenvalue weighted by Gasteiger charge is -2.58. The zero-order valence-corrected chi connectivity index (χ0v) is 19.1. The summed E-state index contributed by atoms with van der Waals surface area (Å²) >= 11 is 0. The molecule has 1 amide bonds. The predicted octanol–water partition coefficient (Wildman–Crippen LogP) is 3.48. The maximum Gasteiger partial charge on any atom is 0.302 e. The summed E-state index contributed by atoms with van der Waals surface area (Å²) in [5.74, 6) is 1.52. The highest BCUT2D eigenvalue weighted by atomic mass is 16.5. The van der Waals surface area contributed by atoms with Crippen LogP contribution in [0.4, 0.5) is 0 Å². The Balaban J connectivity index is 1.65. The molecule has 3 fully saturated rings. The molecule has 0 heterocycles. The van der Waals surface area contributed by atoms with Gasteiger partial charge in [0.1, 0.15) is 12.4 Å². The van der Waals surface area contributed by atoms with Gasteiger partial charge < -0.3 is 9.64 Å². The van der Waals surface area contributed by atoms with E-state index in [-0.39, 0.29) is 35.1 Å². The number of hydrogen-bond acceptors (Lipinski definition) is 5. The van der Waals surface area contributed by atoms with Crippen molar-refractivity contribution >= 4 is 23.4 Å². The van der Waals surface area contributed by atoms with E-state index in [1.165, 1.54) is 12.5 Å². The van der Waals surface area contributed by atoms with Crippen molar-refractivity contribution in [2.75, 3.05) is 19.7 Å². The molecule has 6 heteroatoms. The number of Topliss-reactive ketones (excluding diaryl/α,β-unsaturated/α-hetero) is 1. The summed E-state index contributed by atoms with van der Waals surface area (Å²) in [5.41, 5.74) is 0.812. The lowest BCUT2D eigenvalue weighted by molar-refractivity contribution is -0.145. The first-order chi connectivity index (χ1) is 14.7. The van der Waals surface area contributed by atoms with E-state index in [2.05, 4.69) is 6.92 Å². The van der Waals surface area contributed by atoms with Gasteiger partial charge in [-0.05, 0) is 62.4 Å². The van der Waals surface area contributed by atoms with Crippen LogP contribution >= 0.6 is 0 Å². The minimum atomic E-state index is -0.347. The number of ketones is 2. The summed E-state index contributed by atoms with van der Waals surface area (Å²) in [6.45, 7) is 6.24. The van der Waals surface area contributed by atoms with Crippen molar-refractivity contribution in [1.82, 2.24) is 4.90 Å². The second-order valence-corrected chi connectivity index (χ2v) is 10.4. The Bertz CT molecular complexity index is 832. The van der Waals surface area contributed by atoms with Gasteiger partial charge in [-0.2, -0.15) is 0 Å². The molecule has 0 spiro atoms. The van der Waals surface area contributed by atoms with E-state index in [1.807, 2.05) is 11.0 Å². The Morgan fingerprint density at radius 3 is 2.55 bits per heavy atom. The summed E-state index contributed by atoms with van der Waals surface area (Å²) in [6, 6.07) is 0. The van der Waals surface area contributed by atoms with E-state index in [0.717, 1.165) is 38.5 Å². The van der Waals surface area contributed by atoms with Crippen LogP contribution in [0.3, 0.4) is 0 Å². The molecular weight excluding hydrogens is 394 g/mol. The molecule has 0 aliphatic heterocycles. The minimum Gasteiger partial charge on any atom is -0.464 e. The number of esters is 1. The van der Waals surface area contributed by atoms with Gasteiger partial charge in [0.25, 0.3) is 0 Å². The summed E-state index contributed by atoms with van der Waals surface area (Å²) < 4.78 is 5.11. The van der Waals surface area contributed by atoms with E-state index in [0.29, 0.717) is 49.5 Å². The molecule has 4 aliphatic carbocycles. The van der Waals surface area contributed by atoms with Gasteiger partial charge in [0.2, 0.25) is 5.91 Å². The van der Waals surface area contributed by atoms with Crippen molar-refractivity contribution in [3.8, 4) is 0 Å². The first kappa shape index (κ1) is 22.2. The third kappa shape index (κ3) is 3.76. The van der Waals surface area contributed by atoms with Crippen molar-refractivity contribution in [2.24, 2.45) is 28.6 Å². The normalized spacial score (nSPS) is 36.7. The van der Waals surface area contributed by atoms with Crippen LogP contribution < -0.4 is 0 Å². The van der Waals surface area contributed by atoms with E-state index in [1.54, 1.807) is 6.92 Å². The van der Waals surface area contributed by atoms with E-state index in [4.69, 9.17) is 4.74 Å². The zero-order chi connectivity index (χ0) is 22.4. The van der Waals surface area contributed by atoms with Crippen LogP contribution in [0.2, 0.25) is 0 Å². The lowest BCUT2D eigenvalue weighted by Crippen LogP contribution is -2.56. The number of carbonyl (C=O) groups excluding carboxylic acids is 4. The maximum absolute atomic E-state index is 12.7. The van der Waals surface area contributed by atoms with E-state index < -0.39 is 0 Å². The molecule has 4 aliphatic rings. The number of fused-ring (bicyclic) bond motifs is 5. The largest absolute Gasteiger partial charge is 0.464 e. The fraction of sp³-hybridized carbons (Fsp3) is 0.760. The van der Waals surface area contributed by atoms with Gasteiger partial charge in [0.15, 0.2) is 5.78 Å². The standard InChI is InChI=1S/C25H35NO5/c1-16(27)26(12-13-31-17(2)28)15-25-11-8-19(29)14-18(25)4-5-20-21-6-7-23(30)24(21,3)10-9-22(20)25/h14,20-22H,4-13,15H2,1-3H3/t20-,21-,22-,24+,25-/m1/s1. The monoisotopic (exact) mass is 429 g/mol. The zero-order valence-electron chi connectivity index (χ0n) is 19.1. The first-order valence-electron chi connectivity index (χ1n) is 11.8. The van der Waals surface area contributed by atoms with E-state index in [9.17, 15) is 19.2 Å². The lowest BCUT2D eigenvalue weighted by atomic mass is 9.47. The highest BCUT2D eigenvalue weighted by Gasteiger charge is 2.60. The Hall–Kier alpha value is -1.98. The molecule has 0 radical (unpaired) electrons. The van der Waals surface area contributed by atoms with E-state index >= 15 is 0 Å². The highest BCUT2D eigenvalue weighted by Crippen LogP contribution is 2.64. The third-order valence-corrected chi connectivity index (χ3v) is 8.98. The van der Waals surface area contributed by atoms with Gasteiger partial charge in [-0.1, -0.05) is 12.5 Å². The van der Waals surface area contributed by atoms with Gasteiger partial charge in [0, 0.05) is 44.1 Å². The summed E-state index contributed by atoms with van der Waals surface area (Å²) in [7, 11) is 0. The van der Waals surface area contributed by atoms with Crippen molar-refractivity contribution in [2.45, 2.75) is 72.1 Å². The number of carbonyl (C=O) groups is 4. The average molecular weight is 430 g/mol. The topological polar surface area (TPSA) is 80.8 Å². The quantitative estimate of drug-likeness (QED) is 0.625. The second-order valence-electron chi connectivity index (χ2n) is 10.4. The molecule has 0 aromatic heterocycles. The van der Waals surface area contributed by atoms with Crippen LogP contribution in [0.25, 0.3) is 0 Å². The Morgan fingerprint density at radius 2 is 1.84 bits per heavy atom. The smallest absolute Gasteiger partial charge is 0.302 e. The average Bonchev–Trinajstić information content (AvgIpc) is 3.02. The number of amides is 1. The second kappa shape index (κ2) is 8.18. The highest BCUT2D eigenvalue weighted by molar-refractivity contribution is 5.92. The number of ether oxygens (including phenoxy) is 1. The first-order valence-corrected chi connectivity index (χ1v) is 11.8. The number of hydrogen-bond donors (Lipinski definition) is 0. The van der Waals surface area contributed by atoms with Crippen molar-refractivity contribution < 1.29 is 23.9 Å². The third-order valence-electron chi connectivity index (χ3n) is 8.98. The molecule has 0 aromatic carbocycles. The van der Waals surface area contributed by atoms with Crippen LogP contribution in [0.5, 0.6) is 0 Å². The molecule has 0 saturated heterocycles. The molecule has 31 heavy (non-hydrogen) atoms. The van der Waals surface area contributed by atoms with Crippen LogP contribution in [0.15, 0.2) is 11.6 Å². The molecule has 3 saturated carbocycles. The minimum absolute atomic E-state index is 0.0309. The van der Waals surface area contributed by atoms with Gasteiger partial charge in [-0.3, -0.25) is 19.2 Å². The molecule has 170 valence electrons. The summed E-state index contributed by atoms with van der Waals surface area (Å²) in [6.07, 6.45) is 8.62. The van der Waals surface area contributed by atoms with Crippen LogP contribution in [-0.2, 0) is 23.9 Å². The van der Waals surface area contributed by atoms with Gasteiger partial charge in [0.05, 0.1) is 6.54 Å². The fourth-order valence-electron chi connectivity index (χ4n) is 7.42. The maximum atomic E-state index is 12.7. The van der Waals surface area contributed by atoms with Gasteiger partial charge in [-0.25, -0.2) is 0 Å². The molecule has 5 atom stereocenters. The molecule has 0 aromatic rings. The van der Waals surface area contributed by atoms with Crippen LogP contribution in [0.1, 0.15) is 72.1 Å². The van der Waals surface area contributed by atoms with Crippen molar-refractivity contribution in [3.05, 3.63) is 11.6 Å². The predicted molar refractivity (Wildman–Crippen MR) is 115 cm³/mol. The van der Waals surface area contributed by atoms with Gasteiger partial charge >= 0.3 is 5.97 Å². The molecule has 4 rings (SSSR count). The summed E-state index contributed by atoms with van der Waals surface area (Å²) in [5, 5.41) is 0. The van der Waals surface area contributed by atoms with Crippen LogP contribution in [0, 0.1) is 28.6 Å². The Labute approximate surface area is 184 Å². The van der Waals surface area contributed by atoms with Gasteiger partial charge in [-0.15, -0.1) is 0 Å².